The van der Waals surface area contributed by atoms with E-state index in [4.69, 9.17) is 14.2 Å². The second-order valence-electron chi connectivity index (χ2n) is 7.01. The van der Waals surface area contributed by atoms with Gasteiger partial charge in [0.05, 0.1) is 38.5 Å². The van der Waals surface area contributed by atoms with Gasteiger partial charge in [0.2, 0.25) is 11.8 Å². The molecule has 0 aliphatic carbocycles. The predicted molar refractivity (Wildman–Crippen MR) is 115 cm³/mol. The highest BCUT2D eigenvalue weighted by Crippen LogP contribution is 2.35. The summed E-state index contributed by atoms with van der Waals surface area (Å²) in [6.45, 7) is 1.54. The number of methoxy groups -OCH3 is 3. The fourth-order valence-electron chi connectivity index (χ4n) is 3.61. The Hall–Kier alpha value is -3.88. The molecule has 0 unspecified atom stereocenters. The van der Waals surface area contributed by atoms with Crippen LogP contribution in [0.25, 0.3) is 0 Å². The molecular formula is C23H23FN2O6. The van der Waals surface area contributed by atoms with Gasteiger partial charge in [-0.15, -0.1) is 0 Å². The Balaban J connectivity index is 2.01. The monoisotopic (exact) mass is 442 g/mol. The third-order valence-electron chi connectivity index (χ3n) is 5.17. The Bertz CT molecular complexity index is 1080. The number of rotatable bonds is 6. The summed E-state index contributed by atoms with van der Waals surface area (Å²) in [5, 5.41) is 2.71. The van der Waals surface area contributed by atoms with Crippen LogP contribution in [0.15, 0.2) is 53.7 Å². The van der Waals surface area contributed by atoms with Crippen LogP contribution in [-0.2, 0) is 19.1 Å². The average molecular weight is 442 g/mol. The molecule has 0 fully saturated rings. The van der Waals surface area contributed by atoms with E-state index in [0.717, 1.165) is 0 Å². The van der Waals surface area contributed by atoms with E-state index in [1.165, 1.54) is 50.5 Å². The van der Waals surface area contributed by atoms with Crippen LogP contribution in [0.2, 0.25) is 0 Å². The van der Waals surface area contributed by atoms with Gasteiger partial charge in [0.1, 0.15) is 17.3 Å². The first-order valence-corrected chi connectivity index (χ1v) is 9.71. The first-order chi connectivity index (χ1) is 15.3. The average Bonchev–Trinajstić information content (AvgIpc) is 2.79. The zero-order valence-electron chi connectivity index (χ0n) is 18.1. The highest BCUT2D eigenvalue weighted by atomic mass is 19.1. The van der Waals surface area contributed by atoms with Crippen molar-refractivity contribution in [3.63, 3.8) is 0 Å². The number of allylic oxidation sites excluding steroid dienone is 1. The number of benzene rings is 2. The molecule has 9 heteroatoms. The minimum absolute atomic E-state index is 0.0378. The number of carbonyl (C=O) groups is 3. The molecule has 2 amide bonds. The molecule has 0 radical (unpaired) electrons. The number of esters is 1. The molecule has 1 N–H and O–H groups in total. The molecule has 1 atom stereocenters. The zero-order valence-corrected chi connectivity index (χ0v) is 18.1. The fourth-order valence-corrected chi connectivity index (χ4v) is 3.61. The van der Waals surface area contributed by atoms with E-state index in [9.17, 15) is 18.8 Å². The predicted octanol–water partition coefficient (Wildman–Crippen LogP) is 3.28. The van der Waals surface area contributed by atoms with Crippen molar-refractivity contribution < 1.29 is 33.0 Å². The molecular weight excluding hydrogens is 419 g/mol. The summed E-state index contributed by atoms with van der Waals surface area (Å²) in [6, 6.07) is 10.1. The van der Waals surface area contributed by atoms with Gasteiger partial charge < -0.3 is 19.5 Å². The summed E-state index contributed by atoms with van der Waals surface area (Å²) >= 11 is 0. The summed E-state index contributed by atoms with van der Waals surface area (Å²) in [7, 11) is 4.13. The lowest BCUT2D eigenvalue weighted by Crippen LogP contribution is -2.43. The second kappa shape index (κ2) is 9.51. The minimum atomic E-state index is -1.09. The third-order valence-corrected chi connectivity index (χ3v) is 5.17. The van der Waals surface area contributed by atoms with Crippen LogP contribution in [-0.4, -0.2) is 39.1 Å². The smallest absolute Gasteiger partial charge is 0.336 e. The summed E-state index contributed by atoms with van der Waals surface area (Å²) in [5.41, 5.74) is 0.976. The number of hydrogen-bond acceptors (Lipinski definition) is 6. The molecule has 2 aromatic rings. The van der Waals surface area contributed by atoms with Gasteiger partial charge in [-0.05, 0) is 43.3 Å². The van der Waals surface area contributed by atoms with Crippen molar-refractivity contribution in [2.75, 3.05) is 31.5 Å². The van der Waals surface area contributed by atoms with Gasteiger partial charge in [-0.2, -0.15) is 0 Å². The van der Waals surface area contributed by atoms with Crippen molar-refractivity contribution in [2.24, 2.45) is 5.92 Å². The largest absolute Gasteiger partial charge is 0.497 e. The molecule has 3 rings (SSSR count). The number of nitrogens with zero attached hydrogens (tertiary/aromatic N) is 1. The normalized spacial score (nSPS) is 16.0. The van der Waals surface area contributed by atoms with Crippen LogP contribution < -0.4 is 19.7 Å². The van der Waals surface area contributed by atoms with Crippen LogP contribution in [0.3, 0.4) is 0 Å². The van der Waals surface area contributed by atoms with Crippen LogP contribution >= 0.6 is 0 Å². The Morgan fingerprint density at radius 2 is 1.75 bits per heavy atom. The topological polar surface area (TPSA) is 94.2 Å². The Kier molecular flexibility index (Phi) is 6.77. The fraction of sp³-hybridized carbons (Fsp3) is 0.261. The summed E-state index contributed by atoms with van der Waals surface area (Å²) in [5.74, 6) is -2.42. The summed E-state index contributed by atoms with van der Waals surface area (Å²) in [4.78, 5) is 40.0. The number of nitrogens with one attached hydrogen (secondary N) is 1. The SMILES string of the molecule is COC(=O)C1=C(C)N(c2ccc(F)cc2)C(=O)C[C@@H]1C(=O)Nc1cc(OC)ccc1OC. The van der Waals surface area contributed by atoms with E-state index < -0.39 is 29.5 Å². The molecule has 1 aliphatic heterocycles. The van der Waals surface area contributed by atoms with Crippen LogP contribution in [0.5, 0.6) is 11.5 Å². The van der Waals surface area contributed by atoms with Crippen molar-refractivity contribution in [3.8, 4) is 11.5 Å². The zero-order chi connectivity index (χ0) is 23.4. The third kappa shape index (κ3) is 4.41. The molecule has 32 heavy (non-hydrogen) atoms. The molecule has 0 spiro atoms. The molecule has 0 aromatic heterocycles. The highest BCUT2D eigenvalue weighted by Gasteiger charge is 2.40. The second-order valence-corrected chi connectivity index (χ2v) is 7.01. The van der Waals surface area contributed by atoms with E-state index in [-0.39, 0.29) is 17.7 Å². The van der Waals surface area contributed by atoms with Gasteiger partial charge in [0, 0.05) is 23.9 Å². The maximum absolute atomic E-state index is 13.3. The first-order valence-electron chi connectivity index (χ1n) is 9.71. The number of ether oxygens (including phenoxy) is 3. The minimum Gasteiger partial charge on any atom is -0.497 e. The Labute approximate surface area is 184 Å². The van der Waals surface area contributed by atoms with Crippen molar-refractivity contribution in [3.05, 3.63) is 59.6 Å². The van der Waals surface area contributed by atoms with Crippen LogP contribution in [0.1, 0.15) is 13.3 Å². The van der Waals surface area contributed by atoms with Crippen molar-refractivity contribution in [1.29, 1.82) is 0 Å². The first kappa shape index (κ1) is 22.8. The molecule has 1 heterocycles. The molecule has 2 aromatic carbocycles. The van der Waals surface area contributed by atoms with E-state index in [0.29, 0.717) is 22.9 Å². The van der Waals surface area contributed by atoms with Gasteiger partial charge in [-0.3, -0.25) is 14.5 Å². The molecule has 0 saturated heterocycles. The highest BCUT2D eigenvalue weighted by molar-refractivity contribution is 6.10. The molecule has 1 aliphatic rings. The van der Waals surface area contributed by atoms with E-state index in [1.807, 2.05) is 0 Å². The van der Waals surface area contributed by atoms with Crippen LogP contribution in [0.4, 0.5) is 15.8 Å². The number of carbonyl (C=O) groups excluding carboxylic acids is 3. The number of amides is 2. The number of anilines is 2. The standard InChI is InChI=1S/C23H23FN2O6/c1-13-21(23(29)32-4)17(12-20(27)26(13)15-7-5-14(24)6-8-15)22(28)25-18-11-16(30-2)9-10-19(18)31-3/h5-11,17H,12H2,1-4H3,(H,25,28)/t17-/m0/s1. The molecule has 0 bridgehead atoms. The number of hydrogen-bond donors (Lipinski definition) is 1. The molecule has 8 nitrogen and oxygen atoms in total. The van der Waals surface area contributed by atoms with E-state index in [2.05, 4.69) is 5.32 Å². The lowest BCUT2D eigenvalue weighted by Gasteiger charge is -2.33. The van der Waals surface area contributed by atoms with Gasteiger partial charge in [-0.25, -0.2) is 9.18 Å². The quantitative estimate of drug-likeness (QED) is 0.690. The molecule has 0 saturated carbocycles. The summed E-state index contributed by atoms with van der Waals surface area (Å²) in [6.07, 6.45) is -0.280. The van der Waals surface area contributed by atoms with Gasteiger partial charge >= 0.3 is 5.97 Å². The lowest BCUT2D eigenvalue weighted by molar-refractivity contribution is -0.138. The van der Waals surface area contributed by atoms with Gasteiger partial charge in [0.25, 0.3) is 0 Å². The Morgan fingerprint density at radius 3 is 2.34 bits per heavy atom. The maximum atomic E-state index is 13.3. The van der Waals surface area contributed by atoms with Crippen LogP contribution in [0, 0.1) is 11.7 Å². The number of halogens is 1. The molecule has 168 valence electrons. The maximum Gasteiger partial charge on any atom is 0.336 e. The van der Waals surface area contributed by atoms with Crippen molar-refractivity contribution in [2.45, 2.75) is 13.3 Å². The van der Waals surface area contributed by atoms with Gasteiger partial charge in [-0.1, -0.05) is 0 Å². The van der Waals surface area contributed by atoms with E-state index in [1.54, 1.807) is 25.1 Å². The van der Waals surface area contributed by atoms with Crippen molar-refractivity contribution in [1.82, 2.24) is 0 Å². The van der Waals surface area contributed by atoms with Crippen molar-refractivity contribution >= 4 is 29.2 Å². The summed E-state index contributed by atoms with van der Waals surface area (Å²) < 4.78 is 28.7. The van der Waals surface area contributed by atoms with Gasteiger partial charge in [0.15, 0.2) is 0 Å². The Morgan fingerprint density at radius 1 is 1.06 bits per heavy atom. The van der Waals surface area contributed by atoms with E-state index >= 15 is 0 Å². The lowest BCUT2D eigenvalue weighted by atomic mass is 9.88.